The SMILES string of the molecule is CCC1(CC)CNC(CC(C)C)CN1Cc1ccc(Cl)s1. The van der Waals surface area contributed by atoms with Crippen LogP contribution >= 0.6 is 22.9 Å². The summed E-state index contributed by atoms with van der Waals surface area (Å²) in [5.41, 5.74) is 0.296. The third-order valence-electron chi connectivity index (χ3n) is 4.88. The molecule has 0 aromatic carbocycles. The number of thiophene rings is 1. The summed E-state index contributed by atoms with van der Waals surface area (Å²) >= 11 is 7.82. The second-order valence-corrected chi connectivity index (χ2v) is 8.52. The first-order chi connectivity index (χ1) is 9.99. The quantitative estimate of drug-likeness (QED) is 0.808. The Morgan fingerprint density at radius 3 is 2.62 bits per heavy atom. The van der Waals surface area contributed by atoms with Crippen LogP contribution in [0.5, 0.6) is 0 Å². The molecule has 1 aliphatic heterocycles. The minimum atomic E-state index is 0.296. The van der Waals surface area contributed by atoms with Crippen molar-refractivity contribution in [1.29, 1.82) is 0 Å². The Labute approximate surface area is 138 Å². The lowest BCUT2D eigenvalue weighted by Crippen LogP contribution is -2.63. The van der Waals surface area contributed by atoms with Crippen molar-refractivity contribution in [3.05, 3.63) is 21.3 Å². The summed E-state index contributed by atoms with van der Waals surface area (Å²) in [5, 5.41) is 3.80. The number of halogens is 1. The van der Waals surface area contributed by atoms with Gasteiger partial charge in [-0.1, -0.05) is 39.3 Å². The molecule has 1 N–H and O–H groups in total. The molecule has 1 aromatic heterocycles. The highest BCUT2D eigenvalue weighted by molar-refractivity contribution is 7.16. The number of hydrogen-bond donors (Lipinski definition) is 1. The Morgan fingerprint density at radius 1 is 1.38 bits per heavy atom. The lowest BCUT2D eigenvalue weighted by Gasteiger charge is -2.50. The van der Waals surface area contributed by atoms with Gasteiger partial charge in [-0.15, -0.1) is 11.3 Å². The average Bonchev–Trinajstić information content (AvgIpc) is 2.85. The van der Waals surface area contributed by atoms with E-state index in [9.17, 15) is 0 Å². The summed E-state index contributed by atoms with van der Waals surface area (Å²) in [5.74, 6) is 0.747. The highest BCUT2D eigenvalue weighted by Crippen LogP contribution is 2.32. The van der Waals surface area contributed by atoms with E-state index in [2.05, 4.69) is 44.0 Å². The van der Waals surface area contributed by atoms with Gasteiger partial charge in [-0.2, -0.15) is 0 Å². The molecule has 4 heteroatoms. The van der Waals surface area contributed by atoms with Crippen LogP contribution < -0.4 is 5.32 Å². The van der Waals surface area contributed by atoms with Crippen molar-refractivity contribution in [2.75, 3.05) is 13.1 Å². The Balaban J connectivity index is 2.12. The molecule has 1 atom stereocenters. The van der Waals surface area contributed by atoms with Gasteiger partial charge in [0.15, 0.2) is 0 Å². The minimum absolute atomic E-state index is 0.296. The van der Waals surface area contributed by atoms with Crippen LogP contribution in [0, 0.1) is 5.92 Å². The summed E-state index contributed by atoms with van der Waals surface area (Å²) < 4.78 is 0.900. The lowest BCUT2D eigenvalue weighted by atomic mass is 9.86. The molecule has 0 bridgehead atoms. The lowest BCUT2D eigenvalue weighted by molar-refractivity contribution is 0.0214. The Kier molecular flexibility index (Phi) is 6.13. The third kappa shape index (κ3) is 4.22. The van der Waals surface area contributed by atoms with Gasteiger partial charge in [-0.05, 0) is 37.3 Å². The largest absolute Gasteiger partial charge is 0.311 e. The van der Waals surface area contributed by atoms with E-state index < -0.39 is 0 Å². The predicted octanol–water partition coefficient (Wildman–Crippen LogP) is 4.78. The zero-order valence-electron chi connectivity index (χ0n) is 13.8. The first kappa shape index (κ1) is 17.3. The number of nitrogens with zero attached hydrogens (tertiary/aromatic N) is 1. The number of piperazine rings is 1. The zero-order chi connectivity index (χ0) is 15.5. The normalized spacial score (nSPS) is 22.9. The first-order valence-corrected chi connectivity index (χ1v) is 9.41. The molecule has 1 aliphatic rings. The fourth-order valence-corrected chi connectivity index (χ4v) is 4.60. The van der Waals surface area contributed by atoms with Gasteiger partial charge in [0.1, 0.15) is 0 Å². The van der Waals surface area contributed by atoms with E-state index >= 15 is 0 Å². The van der Waals surface area contributed by atoms with Crippen LogP contribution in [-0.2, 0) is 6.54 Å². The van der Waals surface area contributed by atoms with Crippen LogP contribution in [0.1, 0.15) is 51.8 Å². The standard InChI is InChI=1S/C17H29ClN2S/c1-5-17(6-2)12-19-14(9-13(3)4)10-20(17)11-15-7-8-16(18)21-15/h7-8,13-14,19H,5-6,9-12H2,1-4H3. The molecule has 0 spiro atoms. The van der Waals surface area contributed by atoms with E-state index in [0.29, 0.717) is 11.6 Å². The molecule has 21 heavy (non-hydrogen) atoms. The molecule has 0 amide bonds. The molecular weight excluding hydrogens is 300 g/mol. The van der Waals surface area contributed by atoms with Gasteiger partial charge in [0, 0.05) is 36.1 Å². The number of nitrogens with one attached hydrogen (secondary N) is 1. The Bertz CT molecular complexity index is 440. The van der Waals surface area contributed by atoms with Gasteiger partial charge in [-0.25, -0.2) is 0 Å². The summed E-state index contributed by atoms with van der Waals surface area (Å²) in [6.07, 6.45) is 3.65. The van der Waals surface area contributed by atoms with Crippen molar-refractivity contribution >= 4 is 22.9 Å². The first-order valence-electron chi connectivity index (χ1n) is 8.21. The summed E-state index contributed by atoms with van der Waals surface area (Å²) in [6, 6.07) is 4.82. The maximum absolute atomic E-state index is 6.10. The van der Waals surface area contributed by atoms with Gasteiger partial charge < -0.3 is 5.32 Å². The van der Waals surface area contributed by atoms with Gasteiger partial charge in [-0.3, -0.25) is 4.90 Å². The van der Waals surface area contributed by atoms with Crippen molar-refractivity contribution < 1.29 is 0 Å². The van der Waals surface area contributed by atoms with Crippen LogP contribution in [-0.4, -0.2) is 29.6 Å². The Morgan fingerprint density at radius 2 is 2.10 bits per heavy atom. The van der Waals surface area contributed by atoms with Crippen molar-refractivity contribution in [2.45, 2.75) is 65.1 Å². The van der Waals surface area contributed by atoms with Gasteiger partial charge in [0.05, 0.1) is 4.34 Å². The van der Waals surface area contributed by atoms with Crippen LogP contribution in [0.2, 0.25) is 4.34 Å². The monoisotopic (exact) mass is 328 g/mol. The highest BCUT2D eigenvalue weighted by Gasteiger charge is 2.38. The van der Waals surface area contributed by atoms with Crippen LogP contribution in [0.4, 0.5) is 0 Å². The molecule has 2 nitrogen and oxygen atoms in total. The molecule has 1 aromatic rings. The van der Waals surface area contributed by atoms with Crippen molar-refractivity contribution in [3.63, 3.8) is 0 Å². The number of rotatable bonds is 6. The molecule has 1 unspecified atom stereocenters. The predicted molar refractivity (Wildman–Crippen MR) is 94.3 cm³/mol. The maximum Gasteiger partial charge on any atom is 0.0931 e. The molecule has 2 rings (SSSR count). The van der Waals surface area contributed by atoms with Crippen molar-refractivity contribution in [2.24, 2.45) is 5.92 Å². The second-order valence-electron chi connectivity index (χ2n) is 6.73. The van der Waals surface area contributed by atoms with E-state index in [1.54, 1.807) is 11.3 Å². The molecule has 120 valence electrons. The second kappa shape index (κ2) is 7.45. The summed E-state index contributed by atoms with van der Waals surface area (Å²) in [6.45, 7) is 12.6. The minimum Gasteiger partial charge on any atom is -0.311 e. The fraction of sp³-hybridized carbons (Fsp3) is 0.765. The van der Waals surface area contributed by atoms with Crippen LogP contribution in [0.25, 0.3) is 0 Å². The topological polar surface area (TPSA) is 15.3 Å². The molecule has 0 saturated carbocycles. The molecule has 0 aliphatic carbocycles. The fourth-order valence-electron chi connectivity index (χ4n) is 3.50. The van der Waals surface area contributed by atoms with E-state index in [1.165, 1.54) is 24.1 Å². The van der Waals surface area contributed by atoms with E-state index in [1.807, 2.05) is 6.07 Å². The van der Waals surface area contributed by atoms with Crippen LogP contribution in [0.15, 0.2) is 12.1 Å². The Hall–Kier alpha value is -0.0900. The third-order valence-corrected chi connectivity index (χ3v) is 6.09. The van der Waals surface area contributed by atoms with Gasteiger partial charge in [0.2, 0.25) is 0 Å². The smallest absolute Gasteiger partial charge is 0.0931 e. The molecule has 2 heterocycles. The maximum atomic E-state index is 6.10. The molecule has 1 saturated heterocycles. The summed E-state index contributed by atoms with van der Waals surface area (Å²) in [7, 11) is 0. The van der Waals surface area contributed by atoms with Crippen molar-refractivity contribution in [3.8, 4) is 0 Å². The average molecular weight is 329 g/mol. The van der Waals surface area contributed by atoms with Gasteiger partial charge in [0.25, 0.3) is 0 Å². The van der Waals surface area contributed by atoms with Crippen LogP contribution in [0.3, 0.4) is 0 Å². The highest BCUT2D eigenvalue weighted by atomic mass is 35.5. The molecule has 1 fully saturated rings. The molecule has 0 radical (unpaired) electrons. The van der Waals surface area contributed by atoms with Gasteiger partial charge >= 0.3 is 0 Å². The molecular formula is C17H29ClN2S. The van der Waals surface area contributed by atoms with Crippen molar-refractivity contribution in [1.82, 2.24) is 10.2 Å². The van der Waals surface area contributed by atoms with E-state index in [-0.39, 0.29) is 0 Å². The van der Waals surface area contributed by atoms with E-state index in [4.69, 9.17) is 11.6 Å². The summed E-state index contributed by atoms with van der Waals surface area (Å²) in [4.78, 5) is 4.09. The zero-order valence-corrected chi connectivity index (χ0v) is 15.4. The number of hydrogen-bond acceptors (Lipinski definition) is 3. The van der Waals surface area contributed by atoms with E-state index in [0.717, 1.165) is 29.9 Å².